The molecule has 1 aromatic rings. The summed E-state index contributed by atoms with van der Waals surface area (Å²) in [5.41, 5.74) is 0.581. The van der Waals surface area contributed by atoms with Gasteiger partial charge in [-0.25, -0.2) is 4.79 Å². The number of hydrogen-bond acceptors (Lipinski definition) is 3. The number of hydrogen-bond donors (Lipinski definition) is 1. The summed E-state index contributed by atoms with van der Waals surface area (Å²) in [7, 11) is 0. The van der Waals surface area contributed by atoms with Gasteiger partial charge in [-0.1, -0.05) is 23.7 Å². The topological polar surface area (TPSA) is 66.8 Å². The van der Waals surface area contributed by atoms with E-state index in [0.717, 1.165) is 0 Å². The summed E-state index contributed by atoms with van der Waals surface area (Å²) < 4.78 is 5.07. The number of anilines is 1. The molecule has 1 N–H and O–H groups in total. The van der Waals surface area contributed by atoms with Crippen LogP contribution in [0.25, 0.3) is 0 Å². The lowest BCUT2D eigenvalue weighted by Gasteiger charge is -2.31. The molecule has 1 aliphatic rings. The maximum atomic E-state index is 11.8. The molecule has 0 radical (unpaired) electrons. The van der Waals surface area contributed by atoms with E-state index in [2.05, 4.69) is 0 Å². The Morgan fingerprint density at radius 2 is 2.22 bits per heavy atom. The maximum absolute atomic E-state index is 11.8. The summed E-state index contributed by atoms with van der Waals surface area (Å²) in [6, 6.07) is 6.96. The Morgan fingerprint density at radius 3 is 2.83 bits per heavy atom. The van der Waals surface area contributed by atoms with Crippen molar-refractivity contribution in [2.75, 3.05) is 11.4 Å². The van der Waals surface area contributed by atoms with Gasteiger partial charge in [-0.05, 0) is 12.1 Å². The minimum absolute atomic E-state index is 0.165. The standard InChI is InChI=1S/C12H12ClNO4/c13-9-3-1-2-4-10(9)14-6-5-8(7-11(15)16)18-12(14)17/h1-4,8H,5-7H2,(H,15,16). The van der Waals surface area contributed by atoms with Gasteiger partial charge in [0.15, 0.2) is 0 Å². The third kappa shape index (κ3) is 2.73. The highest BCUT2D eigenvalue weighted by Crippen LogP contribution is 2.28. The van der Waals surface area contributed by atoms with E-state index in [-0.39, 0.29) is 6.42 Å². The first-order chi connectivity index (χ1) is 8.58. The number of amides is 1. The maximum Gasteiger partial charge on any atom is 0.414 e. The van der Waals surface area contributed by atoms with Crippen LogP contribution < -0.4 is 4.90 Å². The van der Waals surface area contributed by atoms with E-state index in [0.29, 0.717) is 23.7 Å². The number of nitrogens with zero attached hydrogens (tertiary/aromatic N) is 1. The molecule has 5 nitrogen and oxygen atoms in total. The largest absolute Gasteiger partial charge is 0.481 e. The van der Waals surface area contributed by atoms with Crippen LogP contribution in [0, 0.1) is 0 Å². The van der Waals surface area contributed by atoms with Crippen molar-refractivity contribution >= 4 is 29.4 Å². The fourth-order valence-corrected chi connectivity index (χ4v) is 2.10. The number of benzene rings is 1. The Bertz CT molecular complexity index is 477. The van der Waals surface area contributed by atoms with Crippen molar-refractivity contribution in [3.05, 3.63) is 29.3 Å². The zero-order valence-corrected chi connectivity index (χ0v) is 10.3. The van der Waals surface area contributed by atoms with Crippen LogP contribution in [0.2, 0.25) is 5.02 Å². The van der Waals surface area contributed by atoms with Crippen molar-refractivity contribution in [1.82, 2.24) is 0 Å². The molecule has 1 saturated heterocycles. The molecule has 1 amide bonds. The van der Waals surface area contributed by atoms with Crippen LogP contribution in [-0.4, -0.2) is 29.8 Å². The molecule has 0 aromatic heterocycles. The third-order valence-electron chi connectivity index (χ3n) is 2.71. The number of carbonyl (C=O) groups excluding carboxylic acids is 1. The van der Waals surface area contributed by atoms with E-state index in [1.165, 1.54) is 4.90 Å². The number of halogens is 1. The predicted molar refractivity (Wildman–Crippen MR) is 65.9 cm³/mol. The third-order valence-corrected chi connectivity index (χ3v) is 3.03. The van der Waals surface area contributed by atoms with Crippen LogP contribution in [0.1, 0.15) is 12.8 Å². The molecule has 18 heavy (non-hydrogen) atoms. The molecule has 1 heterocycles. The molecule has 1 fully saturated rings. The monoisotopic (exact) mass is 269 g/mol. The number of para-hydroxylation sites is 1. The van der Waals surface area contributed by atoms with Crippen molar-refractivity contribution < 1.29 is 19.4 Å². The molecule has 0 spiro atoms. The molecular weight excluding hydrogens is 258 g/mol. The van der Waals surface area contributed by atoms with Gasteiger partial charge in [0.2, 0.25) is 0 Å². The molecule has 96 valence electrons. The lowest BCUT2D eigenvalue weighted by atomic mass is 10.1. The number of rotatable bonds is 3. The van der Waals surface area contributed by atoms with Crippen LogP contribution in [0.4, 0.5) is 10.5 Å². The van der Waals surface area contributed by atoms with Crippen LogP contribution in [0.3, 0.4) is 0 Å². The highest BCUT2D eigenvalue weighted by Gasteiger charge is 2.30. The fourth-order valence-electron chi connectivity index (χ4n) is 1.86. The number of carboxylic acid groups (broad SMARTS) is 1. The zero-order chi connectivity index (χ0) is 13.1. The number of aliphatic carboxylic acids is 1. The minimum Gasteiger partial charge on any atom is -0.481 e. The zero-order valence-electron chi connectivity index (χ0n) is 9.51. The molecule has 6 heteroatoms. The summed E-state index contributed by atoms with van der Waals surface area (Å²) in [4.78, 5) is 23.8. The number of cyclic esters (lactones) is 1. The molecule has 0 saturated carbocycles. The lowest BCUT2D eigenvalue weighted by Crippen LogP contribution is -2.42. The Kier molecular flexibility index (Phi) is 3.72. The summed E-state index contributed by atoms with van der Waals surface area (Å²) in [5.74, 6) is -0.973. The summed E-state index contributed by atoms with van der Waals surface area (Å²) in [6.07, 6.45) is -0.805. The smallest absolute Gasteiger partial charge is 0.414 e. The van der Waals surface area contributed by atoms with Crippen molar-refractivity contribution in [1.29, 1.82) is 0 Å². The number of carboxylic acids is 1. The van der Waals surface area contributed by atoms with Crippen molar-refractivity contribution in [3.8, 4) is 0 Å². The SMILES string of the molecule is O=C(O)CC1CCN(c2ccccc2Cl)C(=O)O1. The average molecular weight is 270 g/mol. The quantitative estimate of drug-likeness (QED) is 0.916. The van der Waals surface area contributed by atoms with Gasteiger partial charge in [0, 0.05) is 13.0 Å². The van der Waals surface area contributed by atoms with Crippen molar-refractivity contribution in [3.63, 3.8) is 0 Å². The van der Waals surface area contributed by atoms with Gasteiger partial charge in [0.1, 0.15) is 6.10 Å². The van der Waals surface area contributed by atoms with Crippen LogP contribution in [0.5, 0.6) is 0 Å². The average Bonchev–Trinajstić information content (AvgIpc) is 2.30. The second-order valence-corrected chi connectivity index (χ2v) is 4.40. The van der Waals surface area contributed by atoms with E-state index < -0.39 is 18.2 Å². The fraction of sp³-hybridized carbons (Fsp3) is 0.333. The molecule has 1 aliphatic heterocycles. The molecule has 0 bridgehead atoms. The Hall–Kier alpha value is -1.75. The Labute approximate surface area is 109 Å². The van der Waals surface area contributed by atoms with Gasteiger partial charge in [0.25, 0.3) is 0 Å². The van der Waals surface area contributed by atoms with E-state index in [1.807, 2.05) is 0 Å². The van der Waals surface area contributed by atoms with E-state index in [9.17, 15) is 9.59 Å². The Balaban J connectivity index is 2.08. The molecule has 0 aliphatic carbocycles. The van der Waals surface area contributed by atoms with Crippen molar-refractivity contribution in [2.24, 2.45) is 0 Å². The van der Waals surface area contributed by atoms with E-state index in [4.69, 9.17) is 21.4 Å². The van der Waals surface area contributed by atoms with Crippen molar-refractivity contribution in [2.45, 2.75) is 18.9 Å². The highest BCUT2D eigenvalue weighted by molar-refractivity contribution is 6.33. The molecule has 2 rings (SSSR count). The summed E-state index contributed by atoms with van der Waals surface area (Å²) in [5, 5.41) is 9.12. The molecule has 1 unspecified atom stereocenters. The minimum atomic E-state index is -0.973. The van der Waals surface area contributed by atoms with Gasteiger partial charge in [-0.15, -0.1) is 0 Å². The molecule has 1 aromatic carbocycles. The first-order valence-electron chi connectivity index (χ1n) is 5.52. The normalized spacial score (nSPS) is 19.5. The second-order valence-electron chi connectivity index (χ2n) is 4.00. The van der Waals surface area contributed by atoms with Crippen LogP contribution >= 0.6 is 11.6 Å². The first-order valence-corrected chi connectivity index (χ1v) is 5.90. The van der Waals surface area contributed by atoms with Crippen LogP contribution in [0.15, 0.2) is 24.3 Å². The van der Waals surface area contributed by atoms with Crippen LogP contribution in [-0.2, 0) is 9.53 Å². The summed E-state index contributed by atoms with van der Waals surface area (Å²) in [6.45, 7) is 0.403. The van der Waals surface area contributed by atoms with E-state index >= 15 is 0 Å². The van der Waals surface area contributed by atoms with Gasteiger partial charge in [-0.2, -0.15) is 0 Å². The van der Waals surface area contributed by atoms with Gasteiger partial charge < -0.3 is 9.84 Å². The van der Waals surface area contributed by atoms with E-state index in [1.54, 1.807) is 24.3 Å². The lowest BCUT2D eigenvalue weighted by molar-refractivity contribution is -0.139. The van der Waals surface area contributed by atoms with Gasteiger partial charge >= 0.3 is 12.1 Å². The number of ether oxygens (including phenoxy) is 1. The summed E-state index contributed by atoms with van der Waals surface area (Å²) >= 11 is 6.00. The molecule has 1 atom stereocenters. The predicted octanol–water partition coefficient (Wildman–Crippen LogP) is 2.53. The number of carbonyl (C=O) groups is 2. The highest BCUT2D eigenvalue weighted by atomic mass is 35.5. The Morgan fingerprint density at radius 1 is 1.50 bits per heavy atom. The second kappa shape index (κ2) is 5.27. The van der Waals surface area contributed by atoms with Gasteiger partial charge in [-0.3, -0.25) is 9.69 Å². The first kappa shape index (κ1) is 12.7. The molecular formula is C12H12ClNO4. The van der Waals surface area contributed by atoms with Gasteiger partial charge in [0.05, 0.1) is 17.1 Å².